The van der Waals surface area contributed by atoms with Crippen molar-refractivity contribution in [3.05, 3.63) is 35.9 Å². The second-order valence-electron chi connectivity index (χ2n) is 6.77. The van der Waals surface area contributed by atoms with E-state index in [-0.39, 0.29) is 0 Å². The van der Waals surface area contributed by atoms with E-state index in [1.165, 1.54) is 43.1 Å². The Hall–Kier alpha value is -1.22. The van der Waals surface area contributed by atoms with Gasteiger partial charge in [-0.3, -0.25) is 0 Å². The Morgan fingerprint density at radius 1 is 0.808 bits per heavy atom. The highest BCUT2D eigenvalue weighted by atomic mass is 79.9. The van der Waals surface area contributed by atoms with Crippen molar-refractivity contribution in [3.63, 3.8) is 0 Å². The molecule has 0 aliphatic heterocycles. The first kappa shape index (κ1) is 21.1. The molecule has 0 spiro atoms. The van der Waals surface area contributed by atoms with Crippen LogP contribution >= 0.6 is 15.9 Å². The van der Waals surface area contributed by atoms with E-state index < -0.39 is 0 Å². The molecule has 0 aromatic heterocycles. The number of alkyl halides is 1. The number of hydrogen-bond donors (Lipinski definition) is 0. The molecule has 26 heavy (non-hydrogen) atoms. The number of benzene rings is 2. The van der Waals surface area contributed by atoms with E-state index in [1.54, 1.807) is 0 Å². The quantitative estimate of drug-likeness (QED) is 0.249. The van der Waals surface area contributed by atoms with Crippen molar-refractivity contribution in [1.29, 1.82) is 0 Å². The molecule has 0 aliphatic rings. The minimum atomic E-state index is 0.775. The summed E-state index contributed by atoms with van der Waals surface area (Å²) in [5, 5.41) is 3.41. The van der Waals surface area contributed by atoms with Crippen molar-refractivity contribution in [1.82, 2.24) is 0 Å². The lowest BCUT2D eigenvalue weighted by molar-refractivity contribution is 0.300. The van der Waals surface area contributed by atoms with Gasteiger partial charge in [0.05, 0.1) is 13.2 Å². The second-order valence-corrected chi connectivity index (χ2v) is 7.56. The van der Waals surface area contributed by atoms with Gasteiger partial charge in [0.1, 0.15) is 11.5 Å². The summed E-state index contributed by atoms with van der Waals surface area (Å²) in [5.74, 6) is 2.04. The van der Waals surface area contributed by atoms with E-state index in [1.807, 2.05) is 0 Å². The highest BCUT2D eigenvalue weighted by Crippen LogP contribution is 2.37. The molecule has 0 amide bonds. The Morgan fingerprint density at radius 3 is 2.19 bits per heavy atom. The number of rotatable bonds is 13. The van der Waals surface area contributed by atoms with Gasteiger partial charge in [-0.2, -0.15) is 0 Å². The Bertz CT molecular complexity index is 654. The van der Waals surface area contributed by atoms with Gasteiger partial charge in [0.2, 0.25) is 0 Å². The molecule has 0 aliphatic carbocycles. The molecule has 2 rings (SSSR count). The third kappa shape index (κ3) is 6.19. The third-order valence-corrected chi connectivity index (χ3v) is 5.26. The van der Waals surface area contributed by atoms with Gasteiger partial charge in [-0.1, -0.05) is 73.3 Å². The fraction of sp³-hybridized carbons (Fsp3) is 0.565. The third-order valence-electron chi connectivity index (χ3n) is 4.69. The summed E-state index contributed by atoms with van der Waals surface area (Å²) < 4.78 is 12.4. The molecule has 2 aromatic rings. The van der Waals surface area contributed by atoms with Crippen LogP contribution in [0, 0.1) is 0 Å². The number of aryl methyl sites for hydroxylation is 1. The molecule has 2 nitrogen and oxygen atoms in total. The van der Waals surface area contributed by atoms with Crippen LogP contribution in [-0.4, -0.2) is 18.5 Å². The van der Waals surface area contributed by atoms with Crippen LogP contribution in [0.25, 0.3) is 10.8 Å². The van der Waals surface area contributed by atoms with Gasteiger partial charge in [-0.15, -0.1) is 0 Å². The van der Waals surface area contributed by atoms with Crippen molar-refractivity contribution < 1.29 is 9.47 Å². The molecule has 0 unspecified atom stereocenters. The van der Waals surface area contributed by atoms with Crippen molar-refractivity contribution in [2.75, 3.05) is 18.5 Å². The van der Waals surface area contributed by atoms with Crippen LogP contribution < -0.4 is 9.47 Å². The predicted molar refractivity (Wildman–Crippen MR) is 116 cm³/mol. The first-order valence-electron chi connectivity index (χ1n) is 10.2. The maximum absolute atomic E-state index is 6.24. The lowest BCUT2D eigenvalue weighted by atomic mass is 10.0. The van der Waals surface area contributed by atoms with Crippen LogP contribution in [0.15, 0.2) is 30.3 Å². The van der Waals surface area contributed by atoms with E-state index in [4.69, 9.17) is 9.47 Å². The molecule has 3 heteroatoms. The second kappa shape index (κ2) is 12.2. The van der Waals surface area contributed by atoms with Crippen LogP contribution in [0.5, 0.6) is 11.5 Å². The molecular weight excluding hydrogens is 388 g/mol. The summed E-state index contributed by atoms with van der Waals surface area (Å²) in [6.07, 6.45) is 9.35. The van der Waals surface area contributed by atoms with Crippen LogP contribution in [0.4, 0.5) is 0 Å². The van der Waals surface area contributed by atoms with Crippen LogP contribution in [0.2, 0.25) is 0 Å². The summed E-state index contributed by atoms with van der Waals surface area (Å²) >= 11 is 3.49. The van der Waals surface area contributed by atoms with Crippen LogP contribution in [0.3, 0.4) is 0 Å². The van der Waals surface area contributed by atoms with Crippen molar-refractivity contribution in [3.8, 4) is 11.5 Å². The molecule has 144 valence electrons. The van der Waals surface area contributed by atoms with E-state index in [0.717, 1.165) is 54.7 Å². The number of ether oxygens (including phenoxy) is 2. The zero-order chi connectivity index (χ0) is 18.6. The Kier molecular flexibility index (Phi) is 9.91. The number of halogens is 1. The SMILES string of the molecule is CCCCCCOc1c(CC)cc(OCCCCCBr)c2ccccc12. The first-order chi connectivity index (χ1) is 12.8. The van der Waals surface area contributed by atoms with Crippen molar-refractivity contribution >= 4 is 26.7 Å². The molecular formula is C23H33BrO2. The summed E-state index contributed by atoms with van der Waals surface area (Å²) in [6.45, 7) is 6.00. The molecule has 0 bridgehead atoms. The molecule has 0 N–H and O–H groups in total. The summed E-state index contributed by atoms with van der Waals surface area (Å²) in [6, 6.07) is 10.7. The van der Waals surface area contributed by atoms with Gasteiger partial charge < -0.3 is 9.47 Å². The van der Waals surface area contributed by atoms with Gasteiger partial charge in [-0.25, -0.2) is 0 Å². The Balaban J connectivity index is 2.14. The number of hydrogen-bond acceptors (Lipinski definition) is 2. The number of unbranched alkanes of at least 4 members (excludes halogenated alkanes) is 5. The maximum Gasteiger partial charge on any atom is 0.130 e. The van der Waals surface area contributed by atoms with E-state index in [9.17, 15) is 0 Å². The highest BCUT2D eigenvalue weighted by molar-refractivity contribution is 9.09. The van der Waals surface area contributed by atoms with E-state index >= 15 is 0 Å². The molecule has 2 aromatic carbocycles. The molecule has 0 fully saturated rings. The fourth-order valence-electron chi connectivity index (χ4n) is 3.18. The molecule has 0 heterocycles. The predicted octanol–water partition coefficient (Wildman–Crippen LogP) is 7.31. The standard InChI is InChI=1S/C23H33BrO2/c1-3-5-6-11-17-26-23-19(4-2)18-22(25-16-12-7-10-15-24)20-13-8-9-14-21(20)23/h8-9,13-14,18H,3-7,10-12,15-17H2,1-2H3. The molecule has 0 radical (unpaired) electrons. The molecule has 0 atom stereocenters. The maximum atomic E-state index is 6.24. The molecule has 0 saturated carbocycles. The van der Waals surface area contributed by atoms with Crippen molar-refractivity contribution in [2.45, 2.75) is 65.2 Å². The monoisotopic (exact) mass is 420 g/mol. The first-order valence-corrected chi connectivity index (χ1v) is 11.3. The smallest absolute Gasteiger partial charge is 0.130 e. The summed E-state index contributed by atoms with van der Waals surface area (Å²) in [4.78, 5) is 0. The summed E-state index contributed by atoms with van der Waals surface area (Å²) in [7, 11) is 0. The fourth-order valence-corrected chi connectivity index (χ4v) is 3.58. The minimum absolute atomic E-state index is 0.775. The van der Waals surface area contributed by atoms with Crippen LogP contribution in [-0.2, 0) is 6.42 Å². The average Bonchev–Trinajstić information content (AvgIpc) is 2.68. The lowest BCUT2D eigenvalue weighted by Crippen LogP contribution is -2.03. The topological polar surface area (TPSA) is 18.5 Å². The van der Waals surface area contributed by atoms with Gasteiger partial charge in [0, 0.05) is 16.1 Å². The minimum Gasteiger partial charge on any atom is -0.493 e. The van der Waals surface area contributed by atoms with Gasteiger partial charge in [-0.05, 0) is 43.7 Å². The molecule has 0 saturated heterocycles. The van der Waals surface area contributed by atoms with E-state index in [2.05, 4.69) is 60.1 Å². The van der Waals surface area contributed by atoms with E-state index in [0.29, 0.717) is 0 Å². The van der Waals surface area contributed by atoms with Gasteiger partial charge in [0.15, 0.2) is 0 Å². The van der Waals surface area contributed by atoms with Gasteiger partial charge in [0.25, 0.3) is 0 Å². The van der Waals surface area contributed by atoms with Gasteiger partial charge >= 0.3 is 0 Å². The summed E-state index contributed by atoms with van der Waals surface area (Å²) in [5.41, 5.74) is 1.25. The average molecular weight is 421 g/mol. The van der Waals surface area contributed by atoms with Crippen molar-refractivity contribution in [2.24, 2.45) is 0 Å². The zero-order valence-electron chi connectivity index (χ0n) is 16.4. The normalized spacial score (nSPS) is 11.0. The number of fused-ring (bicyclic) bond motifs is 1. The Labute approximate surface area is 167 Å². The van der Waals surface area contributed by atoms with Crippen LogP contribution in [0.1, 0.15) is 64.4 Å². The largest absolute Gasteiger partial charge is 0.493 e. The lowest BCUT2D eigenvalue weighted by Gasteiger charge is -2.17. The Morgan fingerprint density at radius 2 is 1.50 bits per heavy atom. The zero-order valence-corrected chi connectivity index (χ0v) is 17.9. The highest BCUT2D eigenvalue weighted by Gasteiger charge is 2.13.